The SMILES string of the molecule is CCNC(Cc1sccc1Br)c1sccc1Br. The summed E-state index contributed by atoms with van der Waals surface area (Å²) in [4.78, 5) is 2.78. The van der Waals surface area contributed by atoms with Crippen LogP contribution in [0.15, 0.2) is 31.8 Å². The van der Waals surface area contributed by atoms with E-state index in [1.165, 1.54) is 18.7 Å². The standard InChI is InChI=1S/C12H13Br2NS2/c1-2-15-10(12-9(14)4-6-17-12)7-11-8(13)3-5-16-11/h3-6,10,15H,2,7H2,1H3. The van der Waals surface area contributed by atoms with Crippen LogP contribution in [-0.4, -0.2) is 6.54 Å². The summed E-state index contributed by atoms with van der Waals surface area (Å²) in [6.45, 7) is 3.13. The van der Waals surface area contributed by atoms with E-state index >= 15 is 0 Å². The number of rotatable bonds is 5. The summed E-state index contributed by atoms with van der Waals surface area (Å²) in [5.41, 5.74) is 0. The normalized spacial score (nSPS) is 12.9. The van der Waals surface area contributed by atoms with Crippen molar-refractivity contribution in [2.75, 3.05) is 6.54 Å². The van der Waals surface area contributed by atoms with Crippen molar-refractivity contribution >= 4 is 54.5 Å². The van der Waals surface area contributed by atoms with Gasteiger partial charge in [-0.15, -0.1) is 22.7 Å². The molecule has 0 aromatic carbocycles. The van der Waals surface area contributed by atoms with Gasteiger partial charge < -0.3 is 5.32 Å². The summed E-state index contributed by atoms with van der Waals surface area (Å²) >= 11 is 10.8. The van der Waals surface area contributed by atoms with Gasteiger partial charge >= 0.3 is 0 Å². The van der Waals surface area contributed by atoms with Crippen LogP contribution in [0.25, 0.3) is 0 Å². The first kappa shape index (κ1) is 13.7. The molecule has 2 rings (SSSR count). The molecule has 2 aromatic rings. The third kappa shape index (κ3) is 3.41. The van der Waals surface area contributed by atoms with Crippen LogP contribution < -0.4 is 5.32 Å². The maximum Gasteiger partial charge on any atom is 0.0475 e. The maximum atomic E-state index is 3.62. The molecular weight excluding hydrogens is 382 g/mol. The van der Waals surface area contributed by atoms with Crippen LogP contribution in [-0.2, 0) is 6.42 Å². The average Bonchev–Trinajstić information content (AvgIpc) is 2.88. The van der Waals surface area contributed by atoms with Gasteiger partial charge in [0.1, 0.15) is 0 Å². The summed E-state index contributed by atoms with van der Waals surface area (Å²) in [7, 11) is 0. The molecule has 0 aliphatic rings. The van der Waals surface area contributed by atoms with E-state index < -0.39 is 0 Å². The Bertz CT molecular complexity index is 478. The van der Waals surface area contributed by atoms with Crippen molar-refractivity contribution in [3.05, 3.63) is 41.6 Å². The van der Waals surface area contributed by atoms with Crippen molar-refractivity contribution in [1.29, 1.82) is 0 Å². The summed E-state index contributed by atoms with van der Waals surface area (Å²) in [6, 6.07) is 4.63. The number of likely N-dealkylation sites (N-methyl/N-ethyl adjacent to an activating group) is 1. The molecule has 1 atom stereocenters. The zero-order valence-corrected chi connectivity index (χ0v) is 14.2. The molecule has 0 fully saturated rings. The van der Waals surface area contributed by atoms with Crippen LogP contribution >= 0.6 is 54.5 Å². The van der Waals surface area contributed by atoms with Gasteiger partial charge in [0.2, 0.25) is 0 Å². The molecular formula is C12H13Br2NS2. The molecule has 5 heteroatoms. The first-order valence-corrected chi connectivity index (χ1v) is 8.75. The molecule has 17 heavy (non-hydrogen) atoms. The van der Waals surface area contributed by atoms with Gasteiger partial charge in [-0.25, -0.2) is 0 Å². The molecule has 1 nitrogen and oxygen atoms in total. The highest BCUT2D eigenvalue weighted by atomic mass is 79.9. The average molecular weight is 395 g/mol. The molecule has 0 saturated carbocycles. The van der Waals surface area contributed by atoms with Crippen LogP contribution in [0.4, 0.5) is 0 Å². The first-order valence-electron chi connectivity index (χ1n) is 5.40. The van der Waals surface area contributed by atoms with Crippen molar-refractivity contribution in [2.24, 2.45) is 0 Å². The quantitative estimate of drug-likeness (QED) is 0.732. The summed E-state index contributed by atoms with van der Waals surface area (Å²) in [6.07, 6.45) is 1.03. The Morgan fingerprint density at radius 1 is 1.18 bits per heavy atom. The van der Waals surface area contributed by atoms with Crippen LogP contribution in [0.3, 0.4) is 0 Å². The molecule has 2 aromatic heterocycles. The number of hydrogen-bond donors (Lipinski definition) is 1. The van der Waals surface area contributed by atoms with Crippen LogP contribution in [0.5, 0.6) is 0 Å². The Morgan fingerprint density at radius 3 is 2.41 bits per heavy atom. The third-order valence-electron chi connectivity index (χ3n) is 2.49. The summed E-state index contributed by atoms with van der Waals surface area (Å²) in [5, 5.41) is 7.82. The molecule has 0 aliphatic heterocycles. The third-order valence-corrected chi connectivity index (χ3v) is 6.43. The Morgan fingerprint density at radius 2 is 1.88 bits per heavy atom. The van der Waals surface area contributed by atoms with Gasteiger partial charge in [0.15, 0.2) is 0 Å². The van der Waals surface area contributed by atoms with Gasteiger partial charge in [0, 0.05) is 31.2 Å². The fraction of sp³-hybridized carbons (Fsp3) is 0.333. The van der Waals surface area contributed by atoms with Gasteiger partial charge in [-0.05, 0) is 61.3 Å². The Kier molecular flexibility index (Phi) is 5.24. The van der Waals surface area contributed by atoms with Crippen LogP contribution in [0, 0.1) is 0 Å². The highest BCUT2D eigenvalue weighted by molar-refractivity contribution is 9.10. The van der Waals surface area contributed by atoms with E-state index in [-0.39, 0.29) is 0 Å². The molecule has 0 bridgehead atoms. The number of nitrogens with one attached hydrogen (secondary N) is 1. The lowest BCUT2D eigenvalue weighted by atomic mass is 10.1. The Balaban J connectivity index is 2.19. The van der Waals surface area contributed by atoms with Crippen LogP contribution in [0.1, 0.15) is 22.7 Å². The molecule has 0 radical (unpaired) electrons. The largest absolute Gasteiger partial charge is 0.309 e. The lowest BCUT2D eigenvalue weighted by Crippen LogP contribution is -2.22. The Labute approximate surface area is 127 Å². The minimum Gasteiger partial charge on any atom is -0.309 e. The monoisotopic (exact) mass is 393 g/mol. The molecule has 2 heterocycles. The highest BCUT2D eigenvalue weighted by Crippen LogP contribution is 2.34. The van der Waals surface area contributed by atoms with Gasteiger partial charge in [0.25, 0.3) is 0 Å². The molecule has 92 valence electrons. The second-order valence-electron chi connectivity index (χ2n) is 3.64. The lowest BCUT2D eigenvalue weighted by Gasteiger charge is -2.16. The summed E-state index contributed by atoms with van der Waals surface area (Å²) in [5.74, 6) is 0. The molecule has 1 unspecified atom stereocenters. The van der Waals surface area contributed by atoms with Crippen molar-refractivity contribution < 1.29 is 0 Å². The maximum absolute atomic E-state index is 3.62. The van der Waals surface area contributed by atoms with E-state index in [4.69, 9.17) is 0 Å². The lowest BCUT2D eigenvalue weighted by molar-refractivity contribution is 0.559. The van der Waals surface area contributed by atoms with E-state index in [2.05, 4.69) is 67.0 Å². The van der Waals surface area contributed by atoms with Gasteiger partial charge in [0.05, 0.1) is 0 Å². The Hall–Kier alpha value is 0.320. The van der Waals surface area contributed by atoms with Crippen molar-refractivity contribution in [3.8, 4) is 0 Å². The fourth-order valence-corrected chi connectivity index (χ4v) is 5.00. The van der Waals surface area contributed by atoms with E-state index in [9.17, 15) is 0 Å². The fourth-order valence-electron chi connectivity index (χ4n) is 1.71. The van der Waals surface area contributed by atoms with Crippen LogP contribution in [0.2, 0.25) is 0 Å². The summed E-state index contributed by atoms with van der Waals surface area (Å²) < 4.78 is 2.43. The van der Waals surface area contributed by atoms with E-state index in [1.54, 1.807) is 11.3 Å². The van der Waals surface area contributed by atoms with Gasteiger partial charge in [-0.2, -0.15) is 0 Å². The highest BCUT2D eigenvalue weighted by Gasteiger charge is 2.17. The van der Waals surface area contributed by atoms with E-state index in [0.29, 0.717) is 6.04 Å². The second-order valence-corrected chi connectivity index (χ2v) is 7.30. The first-order chi connectivity index (χ1) is 8.22. The number of thiophene rings is 2. The van der Waals surface area contributed by atoms with E-state index in [0.717, 1.165) is 13.0 Å². The minimum atomic E-state index is 0.393. The van der Waals surface area contributed by atoms with Gasteiger partial charge in [-0.3, -0.25) is 0 Å². The molecule has 1 N–H and O–H groups in total. The smallest absolute Gasteiger partial charge is 0.0475 e. The molecule has 0 saturated heterocycles. The zero-order valence-electron chi connectivity index (χ0n) is 9.37. The van der Waals surface area contributed by atoms with Crippen molar-refractivity contribution in [2.45, 2.75) is 19.4 Å². The topological polar surface area (TPSA) is 12.0 Å². The van der Waals surface area contributed by atoms with Gasteiger partial charge in [-0.1, -0.05) is 6.92 Å². The molecule has 0 amide bonds. The van der Waals surface area contributed by atoms with Crippen molar-refractivity contribution in [1.82, 2.24) is 5.32 Å². The number of halogens is 2. The molecule has 0 aliphatic carbocycles. The van der Waals surface area contributed by atoms with E-state index in [1.807, 2.05) is 11.3 Å². The zero-order chi connectivity index (χ0) is 12.3. The minimum absolute atomic E-state index is 0.393. The predicted molar refractivity (Wildman–Crippen MR) is 84.2 cm³/mol. The number of hydrogen-bond acceptors (Lipinski definition) is 3. The molecule has 0 spiro atoms. The van der Waals surface area contributed by atoms with Crippen molar-refractivity contribution in [3.63, 3.8) is 0 Å². The predicted octanol–water partition coefficient (Wildman–Crippen LogP) is 5.23. The second kappa shape index (κ2) is 6.48.